The first-order valence-corrected chi connectivity index (χ1v) is 6.38. The molecule has 2 nitrogen and oxygen atoms in total. The van der Waals surface area contributed by atoms with E-state index in [1.165, 1.54) is 19.2 Å². The van der Waals surface area contributed by atoms with Gasteiger partial charge in [-0.3, -0.25) is 0 Å². The van der Waals surface area contributed by atoms with Gasteiger partial charge in [0.15, 0.2) is 0 Å². The Balaban J connectivity index is 2.58. The number of ether oxygens (including phenoxy) is 1. The first-order valence-electron chi connectivity index (χ1n) is 6.38. The highest BCUT2D eigenvalue weighted by Crippen LogP contribution is 2.34. The third kappa shape index (κ3) is 2.33. The summed E-state index contributed by atoms with van der Waals surface area (Å²) >= 11 is 0. The van der Waals surface area contributed by atoms with Gasteiger partial charge in [0.2, 0.25) is 0 Å². The lowest BCUT2D eigenvalue weighted by molar-refractivity contribution is 0.405. The van der Waals surface area contributed by atoms with Crippen molar-refractivity contribution in [3.05, 3.63) is 59.3 Å². The highest BCUT2D eigenvalue weighted by molar-refractivity contribution is 5.71. The Morgan fingerprint density at radius 2 is 1.80 bits per heavy atom. The summed E-state index contributed by atoms with van der Waals surface area (Å²) in [4.78, 5) is 1.79. The Hall–Kier alpha value is -2.10. The van der Waals surface area contributed by atoms with Crippen molar-refractivity contribution in [3.63, 3.8) is 0 Å². The molecule has 4 heteroatoms. The molecule has 1 aromatic rings. The summed E-state index contributed by atoms with van der Waals surface area (Å²) in [7, 11) is 1.38. The fraction of sp³-hybridized carbons (Fsp3) is 0.250. The van der Waals surface area contributed by atoms with E-state index in [1.807, 2.05) is 19.9 Å². The van der Waals surface area contributed by atoms with Crippen molar-refractivity contribution in [2.24, 2.45) is 0 Å². The van der Waals surface area contributed by atoms with Crippen LogP contribution < -0.4 is 4.74 Å². The van der Waals surface area contributed by atoms with Crippen LogP contribution >= 0.6 is 0 Å². The van der Waals surface area contributed by atoms with E-state index >= 15 is 0 Å². The van der Waals surface area contributed by atoms with Crippen LogP contribution in [0.25, 0.3) is 5.70 Å². The molecule has 0 spiro atoms. The summed E-state index contributed by atoms with van der Waals surface area (Å²) in [6, 6.07) is 2.36. The molecule has 2 rings (SSSR count). The summed E-state index contributed by atoms with van der Waals surface area (Å²) in [6.45, 7) is 8.38. The number of hydrogen-bond acceptors (Lipinski definition) is 2. The minimum Gasteiger partial charge on any atom is -0.497 e. The summed E-state index contributed by atoms with van der Waals surface area (Å²) < 4.78 is 33.2. The van der Waals surface area contributed by atoms with Crippen molar-refractivity contribution in [3.8, 4) is 5.75 Å². The molecule has 0 unspecified atom stereocenters. The van der Waals surface area contributed by atoms with E-state index < -0.39 is 11.6 Å². The molecule has 1 aromatic carbocycles. The third-order valence-corrected chi connectivity index (χ3v) is 3.39. The van der Waals surface area contributed by atoms with Gasteiger partial charge in [-0.25, -0.2) is 8.78 Å². The molecule has 0 saturated carbocycles. The van der Waals surface area contributed by atoms with Crippen LogP contribution in [0.1, 0.15) is 19.4 Å². The van der Waals surface area contributed by atoms with Crippen molar-refractivity contribution >= 4 is 5.70 Å². The Bertz CT molecular complexity index is 594. The quantitative estimate of drug-likeness (QED) is 0.824. The summed E-state index contributed by atoms with van der Waals surface area (Å²) in [5, 5.41) is 0. The Morgan fingerprint density at radius 3 is 2.30 bits per heavy atom. The Labute approximate surface area is 117 Å². The number of likely N-dealkylation sites (N-methyl/N-ethyl adjacent to an activating group) is 1. The Morgan fingerprint density at radius 1 is 1.20 bits per heavy atom. The third-order valence-electron chi connectivity index (χ3n) is 3.39. The van der Waals surface area contributed by atoms with Crippen LogP contribution in [-0.4, -0.2) is 18.6 Å². The van der Waals surface area contributed by atoms with Gasteiger partial charge in [-0.05, 0) is 25.5 Å². The molecule has 0 fully saturated rings. The number of allylic oxidation sites excluding steroid dienone is 3. The molecule has 1 aliphatic heterocycles. The SMILES string of the molecule is C=C1C(C)=CC=C(c2c(F)cc(OC)cc2F)N1CC. The molecular formula is C16H17F2NO. The standard InChI is InChI=1S/C16H17F2NO/c1-5-19-11(3)10(2)6-7-15(19)16-13(17)8-12(20-4)9-14(16)18/h6-9H,3,5H2,1-2,4H3. The predicted octanol–water partition coefficient (Wildman–Crippen LogP) is 4.11. The van der Waals surface area contributed by atoms with Gasteiger partial charge in [-0.2, -0.15) is 0 Å². The topological polar surface area (TPSA) is 12.5 Å². The number of benzene rings is 1. The second-order valence-corrected chi connectivity index (χ2v) is 4.56. The molecule has 106 valence electrons. The van der Waals surface area contributed by atoms with Gasteiger partial charge >= 0.3 is 0 Å². The molecule has 0 bridgehead atoms. The van der Waals surface area contributed by atoms with Gasteiger partial charge in [0, 0.05) is 24.4 Å². The molecule has 0 amide bonds. The number of methoxy groups -OCH3 is 1. The lowest BCUT2D eigenvalue weighted by Gasteiger charge is -2.31. The highest BCUT2D eigenvalue weighted by Gasteiger charge is 2.23. The predicted molar refractivity (Wildman–Crippen MR) is 76.2 cm³/mol. The van der Waals surface area contributed by atoms with Crippen molar-refractivity contribution < 1.29 is 13.5 Å². The maximum absolute atomic E-state index is 14.2. The fourth-order valence-electron chi connectivity index (χ4n) is 2.24. The zero-order valence-electron chi connectivity index (χ0n) is 11.8. The van der Waals surface area contributed by atoms with Crippen LogP contribution in [0, 0.1) is 11.6 Å². The second kappa shape index (κ2) is 5.49. The van der Waals surface area contributed by atoms with Crippen LogP contribution in [0.2, 0.25) is 0 Å². The van der Waals surface area contributed by atoms with Crippen LogP contribution in [0.4, 0.5) is 8.78 Å². The van der Waals surface area contributed by atoms with Crippen LogP contribution in [0.15, 0.2) is 42.1 Å². The monoisotopic (exact) mass is 277 g/mol. The smallest absolute Gasteiger partial charge is 0.139 e. The minimum atomic E-state index is -0.646. The summed E-state index contributed by atoms with van der Waals surface area (Å²) in [5.41, 5.74) is 2.14. The van der Waals surface area contributed by atoms with Gasteiger partial charge in [-0.1, -0.05) is 12.7 Å². The molecule has 0 aliphatic carbocycles. The fourth-order valence-corrected chi connectivity index (χ4v) is 2.24. The van der Waals surface area contributed by atoms with E-state index in [-0.39, 0.29) is 11.3 Å². The van der Waals surface area contributed by atoms with E-state index in [0.29, 0.717) is 12.2 Å². The number of halogens is 2. The van der Waals surface area contributed by atoms with Gasteiger partial charge in [-0.15, -0.1) is 0 Å². The van der Waals surface area contributed by atoms with Crippen LogP contribution in [-0.2, 0) is 0 Å². The molecule has 0 N–H and O–H groups in total. The van der Waals surface area contributed by atoms with Crippen molar-refractivity contribution in [1.82, 2.24) is 4.90 Å². The van der Waals surface area contributed by atoms with Crippen molar-refractivity contribution in [2.75, 3.05) is 13.7 Å². The van der Waals surface area contributed by atoms with Gasteiger partial charge in [0.05, 0.1) is 18.4 Å². The molecule has 0 saturated heterocycles. The maximum atomic E-state index is 14.2. The molecule has 0 radical (unpaired) electrons. The zero-order chi connectivity index (χ0) is 14.9. The van der Waals surface area contributed by atoms with Crippen LogP contribution in [0.5, 0.6) is 5.75 Å². The molecule has 0 atom stereocenters. The highest BCUT2D eigenvalue weighted by atomic mass is 19.1. The molecular weight excluding hydrogens is 260 g/mol. The number of nitrogens with zero attached hydrogens (tertiary/aromatic N) is 1. The van der Waals surface area contributed by atoms with E-state index in [9.17, 15) is 8.78 Å². The molecule has 0 aromatic heterocycles. The first kappa shape index (κ1) is 14.3. The van der Waals surface area contributed by atoms with Crippen molar-refractivity contribution in [2.45, 2.75) is 13.8 Å². The van der Waals surface area contributed by atoms with Gasteiger partial charge in [0.25, 0.3) is 0 Å². The molecule has 20 heavy (non-hydrogen) atoms. The van der Waals surface area contributed by atoms with Gasteiger partial charge < -0.3 is 9.64 Å². The summed E-state index contributed by atoms with van der Waals surface area (Å²) in [5.74, 6) is -1.13. The molecule has 1 aliphatic rings. The van der Waals surface area contributed by atoms with E-state index in [2.05, 4.69) is 6.58 Å². The van der Waals surface area contributed by atoms with E-state index in [0.717, 1.165) is 11.3 Å². The lowest BCUT2D eigenvalue weighted by Crippen LogP contribution is -2.24. The van der Waals surface area contributed by atoms with Gasteiger partial charge in [0.1, 0.15) is 17.4 Å². The average Bonchev–Trinajstić information content (AvgIpc) is 2.42. The average molecular weight is 277 g/mol. The zero-order valence-corrected chi connectivity index (χ0v) is 11.8. The minimum absolute atomic E-state index is 0.0578. The number of hydrogen-bond donors (Lipinski definition) is 0. The normalized spacial score (nSPS) is 15.1. The van der Waals surface area contributed by atoms with Crippen LogP contribution in [0.3, 0.4) is 0 Å². The summed E-state index contributed by atoms with van der Waals surface area (Å²) in [6.07, 6.45) is 3.52. The number of rotatable bonds is 3. The largest absolute Gasteiger partial charge is 0.497 e. The van der Waals surface area contributed by atoms with Crippen molar-refractivity contribution in [1.29, 1.82) is 0 Å². The Kier molecular flexibility index (Phi) is 3.93. The maximum Gasteiger partial charge on any atom is 0.139 e. The van der Waals surface area contributed by atoms with E-state index in [4.69, 9.17) is 4.74 Å². The molecule has 1 heterocycles. The first-order chi connectivity index (χ1) is 9.49. The van der Waals surface area contributed by atoms with E-state index in [1.54, 1.807) is 11.0 Å². The lowest BCUT2D eigenvalue weighted by atomic mass is 10.0. The second-order valence-electron chi connectivity index (χ2n) is 4.56.